The molecule has 0 fully saturated rings. The average molecular weight is 220 g/mol. The van der Waals surface area contributed by atoms with Gasteiger partial charge in [-0.1, -0.05) is 30.3 Å². The van der Waals surface area contributed by atoms with E-state index in [1.807, 2.05) is 30.3 Å². The molecule has 0 bridgehead atoms. The van der Waals surface area contributed by atoms with Crippen LogP contribution in [-0.2, 0) is 28.8 Å². The van der Waals surface area contributed by atoms with E-state index < -0.39 is 0 Å². The standard InChI is InChI=1S/C9H10O2S.K/c10-9(12)7-11-6-8-4-2-1-3-5-8;/h1-5H,6-7H2,(H,10,12);/q;+1/p-1. The van der Waals surface area contributed by atoms with E-state index in [9.17, 15) is 4.79 Å². The fourth-order valence-electron chi connectivity index (χ4n) is 0.826. The van der Waals surface area contributed by atoms with Crippen molar-refractivity contribution in [2.45, 2.75) is 6.61 Å². The predicted octanol–water partition coefficient (Wildman–Crippen LogP) is -1.72. The molecule has 0 spiro atoms. The van der Waals surface area contributed by atoms with Gasteiger partial charge in [0.05, 0.1) is 13.2 Å². The first-order valence-electron chi connectivity index (χ1n) is 3.60. The van der Waals surface area contributed by atoms with Crippen molar-refractivity contribution in [2.24, 2.45) is 0 Å². The zero-order valence-corrected chi connectivity index (χ0v) is 11.5. The minimum Gasteiger partial charge on any atom is -0.740 e. The molecule has 0 aliphatic heterocycles. The maximum absolute atomic E-state index is 10.3. The molecule has 0 saturated carbocycles. The Hall–Kier alpha value is 0.706. The van der Waals surface area contributed by atoms with Gasteiger partial charge in [-0.3, -0.25) is 0 Å². The number of carbonyl (C=O) groups excluding carboxylic acids is 1. The number of carbonyl (C=O) groups is 1. The summed E-state index contributed by atoms with van der Waals surface area (Å²) in [4.78, 5) is 10.3. The van der Waals surface area contributed by atoms with Gasteiger partial charge in [0.15, 0.2) is 0 Å². The Balaban J connectivity index is 0.00000144. The molecule has 1 aromatic carbocycles. The van der Waals surface area contributed by atoms with Gasteiger partial charge >= 0.3 is 51.4 Å². The van der Waals surface area contributed by atoms with Crippen LogP contribution in [0.5, 0.6) is 0 Å². The minimum atomic E-state index is -0.356. The summed E-state index contributed by atoms with van der Waals surface area (Å²) >= 11 is 4.33. The summed E-state index contributed by atoms with van der Waals surface area (Å²) < 4.78 is 5.03. The van der Waals surface area contributed by atoms with Crippen LogP contribution in [0, 0.1) is 0 Å². The van der Waals surface area contributed by atoms with E-state index in [1.165, 1.54) is 0 Å². The fourth-order valence-corrected chi connectivity index (χ4v) is 0.910. The molecule has 1 rings (SSSR count). The second kappa shape index (κ2) is 8.05. The molecule has 0 amide bonds. The number of benzene rings is 1. The number of ether oxygens (including phenoxy) is 1. The van der Waals surface area contributed by atoms with E-state index in [0.29, 0.717) is 6.61 Å². The molecule has 0 unspecified atom stereocenters. The molecular formula is C9H9KO2S. The van der Waals surface area contributed by atoms with Crippen LogP contribution in [0.4, 0.5) is 0 Å². The molecule has 0 aliphatic carbocycles. The maximum Gasteiger partial charge on any atom is 1.00 e. The first-order chi connectivity index (χ1) is 5.79. The molecule has 0 heterocycles. The Morgan fingerprint density at radius 3 is 2.46 bits per heavy atom. The number of rotatable bonds is 4. The summed E-state index contributed by atoms with van der Waals surface area (Å²) in [6.45, 7) is 0.466. The van der Waals surface area contributed by atoms with Crippen LogP contribution in [-0.4, -0.2) is 11.7 Å². The summed E-state index contributed by atoms with van der Waals surface area (Å²) in [5, 5.41) is -0.356. The van der Waals surface area contributed by atoms with Crippen LogP contribution in [0.15, 0.2) is 30.3 Å². The summed E-state index contributed by atoms with van der Waals surface area (Å²) in [7, 11) is 0. The zero-order valence-electron chi connectivity index (χ0n) is 7.53. The maximum atomic E-state index is 10.3. The quantitative estimate of drug-likeness (QED) is 0.446. The van der Waals surface area contributed by atoms with Crippen molar-refractivity contribution in [3.63, 3.8) is 0 Å². The average Bonchev–Trinajstić information content (AvgIpc) is 2.05. The van der Waals surface area contributed by atoms with Crippen LogP contribution < -0.4 is 51.4 Å². The van der Waals surface area contributed by atoms with Gasteiger partial charge in [-0.15, -0.1) is 0 Å². The molecule has 0 atom stereocenters. The van der Waals surface area contributed by atoms with Crippen LogP contribution in [0.1, 0.15) is 5.56 Å². The first-order valence-corrected chi connectivity index (χ1v) is 4.01. The Morgan fingerprint density at radius 2 is 1.92 bits per heavy atom. The molecule has 4 heteroatoms. The van der Waals surface area contributed by atoms with Crippen LogP contribution in [0.25, 0.3) is 0 Å². The van der Waals surface area contributed by atoms with Crippen molar-refractivity contribution in [1.82, 2.24) is 0 Å². The third kappa shape index (κ3) is 6.73. The minimum absolute atomic E-state index is 0. The summed E-state index contributed by atoms with van der Waals surface area (Å²) in [5.41, 5.74) is 1.05. The summed E-state index contributed by atoms with van der Waals surface area (Å²) in [6.07, 6.45) is 0. The number of hydrogen-bond donors (Lipinski definition) is 0. The van der Waals surface area contributed by atoms with Gasteiger partial charge in [0, 0.05) is 5.12 Å². The van der Waals surface area contributed by atoms with Crippen molar-refractivity contribution in [3.05, 3.63) is 35.9 Å². The van der Waals surface area contributed by atoms with E-state index >= 15 is 0 Å². The summed E-state index contributed by atoms with van der Waals surface area (Å²) in [6, 6.07) is 9.66. The molecule has 0 aromatic heterocycles. The molecule has 2 nitrogen and oxygen atoms in total. The van der Waals surface area contributed by atoms with Gasteiger partial charge < -0.3 is 22.2 Å². The van der Waals surface area contributed by atoms with Crippen LogP contribution in [0.3, 0.4) is 0 Å². The van der Waals surface area contributed by atoms with Gasteiger partial charge in [0.1, 0.15) is 0 Å². The Bertz CT molecular complexity index is 251. The Morgan fingerprint density at radius 1 is 1.31 bits per heavy atom. The van der Waals surface area contributed by atoms with Gasteiger partial charge in [-0.05, 0) is 5.56 Å². The van der Waals surface area contributed by atoms with E-state index in [0.717, 1.165) is 5.56 Å². The molecule has 64 valence electrons. The van der Waals surface area contributed by atoms with Crippen LogP contribution in [0.2, 0.25) is 0 Å². The van der Waals surface area contributed by atoms with Gasteiger partial charge in [-0.25, -0.2) is 0 Å². The third-order valence-electron chi connectivity index (χ3n) is 1.33. The van der Waals surface area contributed by atoms with Crippen LogP contribution >= 0.6 is 0 Å². The smallest absolute Gasteiger partial charge is 0.740 e. The molecule has 0 radical (unpaired) electrons. The molecule has 0 saturated heterocycles. The van der Waals surface area contributed by atoms with E-state index in [2.05, 4.69) is 12.6 Å². The second-order valence-electron chi connectivity index (χ2n) is 2.35. The van der Waals surface area contributed by atoms with Gasteiger partial charge in [-0.2, -0.15) is 0 Å². The Labute approximate surface area is 126 Å². The molecular weight excluding hydrogens is 211 g/mol. The SMILES string of the molecule is O=C([S-])COCc1ccccc1.[K+]. The van der Waals surface area contributed by atoms with Gasteiger partial charge in [0.25, 0.3) is 0 Å². The Kier molecular flexibility index (Phi) is 8.49. The predicted molar refractivity (Wildman–Crippen MR) is 48.5 cm³/mol. The van der Waals surface area contributed by atoms with Gasteiger partial charge in [0.2, 0.25) is 0 Å². The van der Waals surface area contributed by atoms with Crippen molar-refractivity contribution >= 4 is 17.7 Å². The van der Waals surface area contributed by atoms with Crippen molar-refractivity contribution in [3.8, 4) is 0 Å². The van der Waals surface area contributed by atoms with Crippen molar-refractivity contribution in [1.29, 1.82) is 0 Å². The van der Waals surface area contributed by atoms with E-state index in [-0.39, 0.29) is 63.1 Å². The van der Waals surface area contributed by atoms with E-state index in [4.69, 9.17) is 4.74 Å². The third-order valence-corrected chi connectivity index (χ3v) is 1.45. The number of hydrogen-bond acceptors (Lipinski definition) is 3. The topological polar surface area (TPSA) is 26.3 Å². The molecule has 1 aromatic rings. The van der Waals surface area contributed by atoms with E-state index in [1.54, 1.807) is 0 Å². The normalized spacial score (nSPS) is 8.92. The summed E-state index contributed by atoms with van der Waals surface area (Å²) in [5.74, 6) is 0. The van der Waals surface area contributed by atoms with Crippen molar-refractivity contribution in [2.75, 3.05) is 6.61 Å². The largest absolute Gasteiger partial charge is 1.00 e. The zero-order chi connectivity index (χ0) is 8.81. The molecule has 0 aliphatic rings. The van der Waals surface area contributed by atoms with Crippen molar-refractivity contribution < 1.29 is 60.9 Å². The second-order valence-corrected chi connectivity index (χ2v) is 2.81. The first kappa shape index (κ1) is 13.7. The molecule has 0 N–H and O–H groups in total. The monoisotopic (exact) mass is 220 g/mol. The molecule has 13 heavy (non-hydrogen) atoms. The fraction of sp³-hybridized carbons (Fsp3) is 0.222.